The van der Waals surface area contributed by atoms with Gasteiger partial charge in [0.05, 0.1) is 12.2 Å². The van der Waals surface area contributed by atoms with E-state index in [0.717, 1.165) is 31.9 Å². The van der Waals surface area contributed by atoms with Crippen molar-refractivity contribution in [2.45, 2.75) is 38.3 Å². The van der Waals surface area contributed by atoms with Crippen LogP contribution in [0.25, 0.3) is 0 Å². The molecule has 1 fully saturated rings. The summed E-state index contributed by atoms with van der Waals surface area (Å²) < 4.78 is 11.7. The highest BCUT2D eigenvalue weighted by Crippen LogP contribution is 2.35. The molecule has 0 spiro atoms. The van der Waals surface area contributed by atoms with Crippen LogP contribution in [0.3, 0.4) is 0 Å². The molecule has 1 saturated heterocycles. The lowest BCUT2D eigenvalue weighted by molar-refractivity contribution is 0.0155. The van der Waals surface area contributed by atoms with Crippen LogP contribution >= 0.6 is 0 Å². The molecular formula is C16H23NO2. The summed E-state index contributed by atoms with van der Waals surface area (Å²) in [7, 11) is 0. The minimum absolute atomic E-state index is 0.00691. The molecule has 2 aliphatic rings. The number of hydrogen-bond acceptors (Lipinski definition) is 3. The van der Waals surface area contributed by atoms with Crippen LogP contribution in [0, 0.1) is 5.92 Å². The Morgan fingerprint density at radius 1 is 1.37 bits per heavy atom. The molecular weight excluding hydrogens is 238 g/mol. The molecule has 0 amide bonds. The van der Waals surface area contributed by atoms with Crippen molar-refractivity contribution in [1.82, 2.24) is 5.32 Å². The van der Waals surface area contributed by atoms with Gasteiger partial charge in [-0.2, -0.15) is 0 Å². The third-order valence-corrected chi connectivity index (χ3v) is 4.32. The fourth-order valence-electron chi connectivity index (χ4n) is 3.11. The Labute approximate surface area is 115 Å². The summed E-state index contributed by atoms with van der Waals surface area (Å²) in [6.07, 6.45) is 2.33. The zero-order chi connectivity index (χ0) is 13.3. The van der Waals surface area contributed by atoms with E-state index in [9.17, 15) is 0 Å². The van der Waals surface area contributed by atoms with Crippen LogP contribution in [-0.4, -0.2) is 25.4 Å². The Kier molecular flexibility index (Phi) is 3.50. The minimum atomic E-state index is 0.00691. The molecule has 1 aromatic carbocycles. The normalized spacial score (nSPS) is 33.8. The van der Waals surface area contributed by atoms with Crippen molar-refractivity contribution in [3.8, 4) is 5.75 Å². The summed E-state index contributed by atoms with van der Waals surface area (Å²) in [4.78, 5) is 0. The molecule has 3 nitrogen and oxygen atoms in total. The summed E-state index contributed by atoms with van der Waals surface area (Å²) in [5.74, 6) is 1.51. The van der Waals surface area contributed by atoms with Crippen molar-refractivity contribution in [3.05, 3.63) is 29.8 Å². The molecule has 3 rings (SSSR count). The zero-order valence-corrected chi connectivity index (χ0v) is 11.8. The van der Waals surface area contributed by atoms with Gasteiger partial charge in [0.25, 0.3) is 0 Å². The first-order chi connectivity index (χ1) is 9.18. The average Bonchev–Trinajstić information content (AvgIpc) is 2.85. The van der Waals surface area contributed by atoms with Crippen molar-refractivity contribution in [3.63, 3.8) is 0 Å². The predicted octanol–water partition coefficient (Wildman–Crippen LogP) is 2.91. The van der Waals surface area contributed by atoms with Crippen LogP contribution in [0.2, 0.25) is 0 Å². The number of hydrogen-bond donors (Lipinski definition) is 1. The second kappa shape index (κ2) is 5.14. The van der Waals surface area contributed by atoms with Gasteiger partial charge < -0.3 is 14.8 Å². The molecule has 3 heteroatoms. The summed E-state index contributed by atoms with van der Waals surface area (Å²) in [5, 5.41) is 3.70. The Morgan fingerprint density at radius 3 is 3.00 bits per heavy atom. The standard InChI is InChI=1S/C16H23NO2/c1-12-10-18-14-7-4-3-6-13(14)15(12)17-11-16(2)8-5-9-19-16/h3-4,6-7,12,15,17H,5,8-11H2,1-2H3. The number of para-hydroxylation sites is 1. The molecule has 1 aromatic rings. The summed E-state index contributed by atoms with van der Waals surface area (Å²) >= 11 is 0. The van der Waals surface area contributed by atoms with Gasteiger partial charge in [0.2, 0.25) is 0 Å². The van der Waals surface area contributed by atoms with E-state index in [1.807, 2.05) is 6.07 Å². The van der Waals surface area contributed by atoms with Crippen molar-refractivity contribution < 1.29 is 9.47 Å². The molecule has 0 aliphatic carbocycles. The molecule has 104 valence electrons. The quantitative estimate of drug-likeness (QED) is 0.907. The van der Waals surface area contributed by atoms with Gasteiger partial charge in [-0.25, -0.2) is 0 Å². The third kappa shape index (κ3) is 2.63. The second-order valence-corrected chi connectivity index (χ2v) is 6.09. The highest BCUT2D eigenvalue weighted by Gasteiger charge is 2.33. The van der Waals surface area contributed by atoms with Crippen LogP contribution in [-0.2, 0) is 4.74 Å². The van der Waals surface area contributed by atoms with E-state index in [2.05, 4.69) is 37.4 Å². The monoisotopic (exact) mass is 261 g/mol. The zero-order valence-electron chi connectivity index (χ0n) is 11.8. The van der Waals surface area contributed by atoms with E-state index < -0.39 is 0 Å². The maximum absolute atomic E-state index is 5.86. The predicted molar refractivity (Wildman–Crippen MR) is 75.4 cm³/mol. The van der Waals surface area contributed by atoms with Crippen LogP contribution < -0.4 is 10.1 Å². The first-order valence-corrected chi connectivity index (χ1v) is 7.27. The highest BCUT2D eigenvalue weighted by molar-refractivity contribution is 5.37. The summed E-state index contributed by atoms with van der Waals surface area (Å²) in [6.45, 7) is 7.05. The summed E-state index contributed by atoms with van der Waals surface area (Å²) in [6, 6.07) is 8.71. The fraction of sp³-hybridized carbons (Fsp3) is 0.625. The maximum atomic E-state index is 5.86. The molecule has 2 aliphatic heterocycles. The average molecular weight is 261 g/mol. The highest BCUT2D eigenvalue weighted by atomic mass is 16.5. The number of rotatable bonds is 3. The van der Waals surface area contributed by atoms with Crippen molar-refractivity contribution >= 4 is 0 Å². The molecule has 3 unspecified atom stereocenters. The smallest absolute Gasteiger partial charge is 0.124 e. The Hall–Kier alpha value is -1.06. The molecule has 0 bridgehead atoms. The first-order valence-electron chi connectivity index (χ1n) is 7.27. The van der Waals surface area contributed by atoms with E-state index in [1.54, 1.807) is 0 Å². The van der Waals surface area contributed by atoms with E-state index in [4.69, 9.17) is 9.47 Å². The Morgan fingerprint density at radius 2 is 2.21 bits per heavy atom. The second-order valence-electron chi connectivity index (χ2n) is 6.09. The van der Waals surface area contributed by atoms with Crippen LogP contribution in [0.4, 0.5) is 0 Å². The van der Waals surface area contributed by atoms with Gasteiger partial charge in [-0.3, -0.25) is 0 Å². The van der Waals surface area contributed by atoms with Crippen molar-refractivity contribution in [1.29, 1.82) is 0 Å². The van der Waals surface area contributed by atoms with Crippen LogP contribution in [0.15, 0.2) is 24.3 Å². The number of nitrogens with one attached hydrogen (secondary N) is 1. The Bertz CT molecular complexity index is 440. The lowest BCUT2D eigenvalue weighted by Gasteiger charge is -2.34. The van der Waals surface area contributed by atoms with Crippen LogP contribution in [0.1, 0.15) is 38.3 Å². The molecule has 3 atom stereocenters. The van der Waals surface area contributed by atoms with Gasteiger partial charge in [-0.1, -0.05) is 25.1 Å². The minimum Gasteiger partial charge on any atom is -0.493 e. The first kappa shape index (κ1) is 12.9. The molecule has 0 aromatic heterocycles. The van der Waals surface area contributed by atoms with E-state index in [1.165, 1.54) is 12.0 Å². The van der Waals surface area contributed by atoms with E-state index >= 15 is 0 Å². The van der Waals surface area contributed by atoms with Gasteiger partial charge in [-0.05, 0) is 25.8 Å². The van der Waals surface area contributed by atoms with Crippen LogP contribution in [0.5, 0.6) is 5.75 Å². The topological polar surface area (TPSA) is 30.5 Å². The van der Waals surface area contributed by atoms with Crippen molar-refractivity contribution in [2.75, 3.05) is 19.8 Å². The van der Waals surface area contributed by atoms with Gasteiger partial charge >= 0.3 is 0 Å². The maximum Gasteiger partial charge on any atom is 0.124 e. The molecule has 2 heterocycles. The van der Waals surface area contributed by atoms with Gasteiger partial charge in [-0.15, -0.1) is 0 Å². The van der Waals surface area contributed by atoms with Gasteiger partial charge in [0, 0.05) is 30.7 Å². The third-order valence-electron chi connectivity index (χ3n) is 4.32. The van der Waals surface area contributed by atoms with E-state index in [-0.39, 0.29) is 5.60 Å². The molecule has 1 N–H and O–H groups in total. The number of fused-ring (bicyclic) bond motifs is 1. The van der Waals surface area contributed by atoms with Crippen molar-refractivity contribution in [2.24, 2.45) is 5.92 Å². The Balaban J connectivity index is 1.73. The SMILES string of the molecule is CC1COc2ccccc2C1NCC1(C)CCCO1. The van der Waals surface area contributed by atoms with E-state index in [0.29, 0.717) is 12.0 Å². The summed E-state index contributed by atoms with van der Waals surface area (Å²) in [5.41, 5.74) is 1.29. The van der Waals surface area contributed by atoms with Gasteiger partial charge in [0.1, 0.15) is 5.75 Å². The molecule has 19 heavy (non-hydrogen) atoms. The number of benzene rings is 1. The molecule has 0 radical (unpaired) electrons. The fourth-order valence-corrected chi connectivity index (χ4v) is 3.11. The largest absolute Gasteiger partial charge is 0.493 e. The lowest BCUT2D eigenvalue weighted by atomic mass is 9.91. The molecule has 0 saturated carbocycles. The lowest BCUT2D eigenvalue weighted by Crippen LogP contribution is -2.42. The number of ether oxygens (including phenoxy) is 2. The van der Waals surface area contributed by atoms with Gasteiger partial charge in [0.15, 0.2) is 0 Å².